The molecule has 1 aromatic heterocycles. The molecule has 14 heteroatoms. The summed E-state index contributed by atoms with van der Waals surface area (Å²) in [6.07, 6.45) is 0.257. The Hall–Kier alpha value is -3.75. The molecular weight excluding hydrogens is 618 g/mol. The van der Waals surface area contributed by atoms with Gasteiger partial charge in [0.25, 0.3) is 5.91 Å². The Morgan fingerprint density at radius 2 is 1.41 bits per heavy atom. The van der Waals surface area contributed by atoms with Gasteiger partial charge in [0.1, 0.15) is 22.8 Å². The number of amides is 1. The zero-order valence-corrected chi connectivity index (χ0v) is 28.9. The number of hydrogen-bond acceptors (Lipinski definition) is 13. The van der Waals surface area contributed by atoms with Crippen molar-refractivity contribution >= 4 is 35.2 Å². The van der Waals surface area contributed by atoms with Crippen molar-refractivity contribution in [2.75, 3.05) is 13.2 Å². The number of thiazole rings is 1. The summed E-state index contributed by atoms with van der Waals surface area (Å²) in [6, 6.07) is 3.71. The van der Waals surface area contributed by atoms with Gasteiger partial charge in [0.15, 0.2) is 35.4 Å². The van der Waals surface area contributed by atoms with Gasteiger partial charge in [-0.25, -0.2) is 14.6 Å². The van der Waals surface area contributed by atoms with Crippen LogP contribution in [0.1, 0.15) is 95.2 Å². The number of esters is 3. The molecule has 2 heterocycles. The molecule has 254 valence electrons. The van der Waals surface area contributed by atoms with Gasteiger partial charge < -0.3 is 34.1 Å². The van der Waals surface area contributed by atoms with E-state index in [1.165, 1.54) is 25.1 Å². The van der Waals surface area contributed by atoms with Gasteiger partial charge in [0, 0.05) is 23.4 Å². The minimum absolute atomic E-state index is 0.0189. The number of fused-ring (bicyclic) bond motifs is 1. The van der Waals surface area contributed by atoms with E-state index < -0.39 is 65.6 Å². The first-order valence-electron chi connectivity index (χ1n) is 14.8. The maximum Gasteiger partial charge on any atom is 0.344 e. The van der Waals surface area contributed by atoms with Crippen molar-refractivity contribution in [3.63, 3.8) is 0 Å². The van der Waals surface area contributed by atoms with E-state index in [-0.39, 0.29) is 28.5 Å². The predicted molar refractivity (Wildman–Crippen MR) is 168 cm³/mol. The van der Waals surface area contributed by atoms with Crippen molar-refractivity contribution in [3.8, 4) is 11.5 Å². The molecule has 0 spiro atoms. The fraction of sp³-hybridized carbons (Fsp3) is 0.594. The molecule has 1 amide bonds. The van der Waals surface area contributed by atoms with Crippen molar-refractivity contribution in [1.29, 1.82) is 0 Å². The van der Waals surface area contributed by atoms with Crippen molar-refractivity contribution < 1.29 is 48.0 Å². The smallest absolute Gasteiger partial charge is 0.344 e. The molecule has 1 aliphatic heterocycles. The summed E-state index contributed by atoms with van der Waals surface area (Å²) in [5.41, 5.74) is -3.22. The Morgan fingerprint density at radius 3 is 1.96 bits per heavy atom. The fourth-order valence-corrected chi connectivity index (χ4v) is 5.14. The minimum Gasteiger partial charge on any atom is -0.478 e. The Bertz CT molecular complexity index is 1450. The van der Waals surface area contributed by atoms with Gasteiger partial charge in [-0.05, 0) is 81.4 Å². The number of rotatable bonds is 10. The molecule has 0 bridgehead atoms. The monoisotopic (exact) mass is 663 g/mol. The molecule has 0 fully saturated rings. The average Bonchev–Trinajstić information content (AvgIpc) is 3.31. The standard InChI is InChI=1S/C32H45N3O10S/c1-29(2,3)43-24(36)16-41-21-12-11-18(13-22(21)42-17-25(37)44-30(4,5)6)32(10,40)35-26(38)27-34-19-14-20(33-15-23(19)46-27)28(39)45-31(7,8)9/h11-13,20,33,40H,14-17H2,1-10H3,(H,35,38). The van der Waals surface area contributed by atoms with Crippen LogP contribution in [0, 0.1) is 0 Å². The van der Waals surface area contributed by atoms with Crippen LogP contribution in [0.15, 0.2) is 18.2 Å². The van der Waals surface area contributed by atoms with Crippen LogP contribution in [0.25, 0.3) is 0 Å². The summed E-state index contributed by atoms with van der Waals surface area (Å²) < 4.78 is 27.4. The number of carbonyl (C=O) groups excluding carboxylic acids is 4. The van der Waals surface area contributed by atoms with E-state index in [1.807, 2.05) is 0 Å². The van der Waals surface area contributed by atoms with Crippen molar-refractivity contribution in [1.82, 2.24) is 15.6 Å². The Morgan fingerprint density at radius 1 is 0.870 bits per heavy atom. The van der Waals surface area contributed by atoms with E-state index in [9.17, 15) is 24.3 Å². The van der Waals surface area contributed by atoms with Gasteiger partial charge in [0.2, 0.25) is 0 Å². The second-order valence-corrected chi connectivity index (χ2v) is 15.1. The molecule has 3 rings (SSSR count). The lowest BCUT2D eigenvalue weighted by molar-refractivity contribution is -0.158. The number of nitrogens with zero attached hydrogens (tertiary/aromatic N) is 1. The van der Waals surface area contributed by atoms with Gasteiger partial charge >= 0.3 is 17.9 Å². The maximum atomic E-state index is 13.2. The zero-order chi connectivity index (χ0) is 34.7. The lowest BCUT2D eigenvalue weighted by atomic mass is 10.0. The molecular formula is C32H45N3O10S. The van der Waals surface area contributed by atoms with E-state index in [2.05, 4.69) is 15.6 Å². The van der Waals surface area contributed by atoms with Gasteiger partial charge in [-0.15, -0.1) is 11.3 Å². The van der Waals surface area contributed by atoms with Crippen LogP contribution >= 0.6 is 11.3 Å². The zero-order valence-electron chi connectivity index (χ0n) is 28.1. The van der Waals surface area contributed by atoms with E-state index in [4.69, 9.17) is 23.7 Å². The topological polar surface area (TPSA) is 172 Å². The highest BCUT2D eigenvalue weighted by Gasteiger charge is 2.33. The highest BCUT2D eigenvalue weighted by atomic mass is 32.1. The van der Waals surface area contributed by atoms with Gasteiger partial charge in [-0.2, -0.15) is 0 Å². The molecule has 2 atom stereocenters. The van der Waals surface area contributed by atoms with Crippen LogP contribution in [0.3, 0.4) is 0 Å². The SMILES string of the molecule is CC(C)(C)OC(=O)COc1ccc(C(C)(O)NC(=O)c2nc3c(s2)CNC(C(=O)OC(C)(C)C)C3)cc1OCC(=O)OC(C)(C)C. The maximum absolute atomic E-state index is 13.2. The minimum atomic E-state index is -1.92. The summed E-state index contributed by atoms with van der Waals surface area (Å²) in [5.74, 6) is -2.19. The molecule has 0 saturated carbocycles. The van der Waals surface area contributed by atoms with Crippen LogP contribution in [0.2, 0.25) is 0 Å². The van der Waals surface area contributed by atoms with E-state index >= 15 is 0 Å². The third-order valence-corrected chi connectivity index (χ3v) is 7.06. The van der Waals surface area contributed by atoms with Crippen LogP contribution in [0.4, 0.5) is 0 Å². The number of aliphatic hydroxyl groups is 1. The molecule has 46 heavy (non-hydrogen) atoms. The van der Waals surface area contributed by atoms with Crippen LogP contribution in [-0.4, -0.2) is 70.0 Å². The molecule has 0 aliphatic carbocycles. The largest absolute Gasteiger partial charge is 0.478 e. The first-order valence-corrected chi connectivity index (χ1v) is 15.7. The van der Waals surface area contributed by atoms with Gasteiger partial charge in [0.05, 0.1) is 5.69 Å². The number of benzene rings is 1. The number of ether oxygens (including phenoxy) is 5. The number of carbonyl (C=O) groups is 4. The highest BCUT2D eigenvalue weighted by molar-refractivity contribution is 7.13. The van der Waals surface area contributed by atoms with E-state index in [0.29, 0.717) is 12.2 Å². The van der Waals surface area contributed by atoms with Crippen molar-refractivity contribution in [2.24, 2.45) is 0 Å². The summed E-state index contributed by atoms with van der Waals surface area (Å²) in [7, 11) is 0. The number of nitrogens with one attached hydrogen (secondary N) is 2. The number of hydrogen-bond donors (Lipinski definition) is 3. The quantitative estimate of drug-likeness (QED) is 0.192. The second-order valence-electron chi connectivity index (χ2n) is 14.0. The molecule has 13 nitrogen and oxygen atoms in total. The lowest BCUT2D eigenvalue weighted by Gasteiger charge is -2.26. The first-order chi connectivity index (χ1) is 21.0. The highest BCUT2D eigenvalue weighted by Crippen LogP contribution is 2.33. The van der Waals surface area contributed by atoms with Gasteiger partial charge in [-0.1, -0.05) is 6.07 Å². The van der Waals surface area contributed by atoms with E-state index in [0.717, 1.165) is 16.2 Å². The first kappa shape index (κ1) is 36.7. The third-order valence-electron chi connectivity index (χ3n) is 5.96. The van der Waals surface area contributed by atoms with Crippen molar-refractivity contribution in [2.45, 2.75) is 111 Å². The summed E-state index contributed by atoms with van der Waals surface area (Å²) in [5, 5.41) is 17.1. The number of aromatic nitrogens is 1. The summed E-state index contributed by atoms with van der Waals surface area (Å²) in [4.78, 5) is 55.6. The Labute approximate surface area is 273 Å². The molecule has 3 N–H and O–H groups in total. The Kier molecular flexibility index (Phi) is 11.1. The third kappa shape index (κ3) is 11.2. The Balaban J connectivity index is 1.77. The molecule has 2 unspecified atom stereocenters. The van der Waals surface area contributed by atoms with Crippen LogP contribution in [0.5, 0.6) is 11.5 Å². The van der Waals surface area contributed by atoms with Crippen LogP contribution < -0.4 is 20.1 Å². The normalized spacial score (nSPS) is 16.4. The second kappa shape index (κ2) is 13.9. The lowest BCUT2D eigenvalue weighted by Crippen LogP contribution is -2.44. The van der Waals surface area contributed by atoms with E-state index in [1.54, 1.807) is 62.3 Å². The average molecular weight is 664 g/mol. The molecule has 2 aromatic rings. The fourth-order valence-electron chi connectivity index (χ4n) is 4.20. The molecule has 0 radical (unpaired) electrons. The van der Waals surface area contributed by atoms with Crippen LogP contribution in [-0.2, 0) is 47.3 Å². The van der Waals surface area contributed by atoms with Gasteiger partial charge in [-0.3, -0.25) is 14.9 Å². The molecule has 1 aromatic carbocycles. The summed E-state index contributed by atoms with van der Waals surface area (Å²) >= 11 is 1.15. The van der Waals surface area contributed by atoms with Crippen molar-refractivity contribution in [3.05, 3.63) is 39.3 Å². The predicted octanol–water partition coefficient (Wildman–Crippen LogP) is 3.54. The summed E-state index contributed by atoms with van der Waals surface area (Å²) in [6.45, 7) is 16.5. The molecule has 0 saturated heterocycles. The molecule has 1 aliphatic rings.